The number of nitrogens with one attached hydrogen (secondary N) is 1. The fourth-order valence-corrected chi connectivity index (χ4v) is 6.24. The second-order valence-electron chi connectivity index (χ2n) is 9.47. The predicted octanol–water partition coefficient (Wildman–Crippen LogP) is 5.93. The molecule has 39 heavy (non-hydrogen) atoms. The van der Waals surface area contributed by atoms with Crippen molar-refractivity contribution in [1.82, 2.24) is 19.7 Å². The Morgan fingerprint density at radius 3 is 2.51 bits per heavy atom. The topological polar surface area (TPSA) is 89.8 Å². The van der Waals surface area contributed by atoms with Gasteiger partial charge < -0.3 is 0 Å². The number of fused-ring (bicyclic) bond motifs is 2. The number of anilines is 1. The van der Waals surface area contributed by atoms with Crippen LogP contribution in [-0.2, 0) is 29.7 Å². The first kappa shape index (κ1) is 25.1. The van der Waals surface area contributed by atoms with Gasteiger partial charge in [-0.15, -0.1) is 0 Å². The van der Waals surface area contributed by atoms with E-state index in [0.29, 0.717) is 24.0 Å². The van der Waals surface area contributed by atoms with E-state index in [0.717, 1.165) is 33.7 Å². The average molecular weight is 550 g/mol. The number of nitrogens with zero attached hydrogens (tertiary/aromatic N) is 4. The standard InChI is InChI=1S/C28H22F3N5O2S/c1-36-26-10-4-17(13-19(26)16-34-36)25-15-20(28(29,30)31)5-8-24(25)23-7-3-18-14-21(6-9-22(18)23)39(37,38)35-27-32-11-2-12-33-27/h2,4-6,8-16,23H,3,7H2,1H3,(H,32,33,35). The molecule has 6 rings (SSSR count). The smallest absolute Gasteiger partial charge is 0.268 e. The van der Waals surface area contributed by atoms with Gasteiger partial charge in [0.2, 0.25) is 5.95 Å². The second kappa shape index (κ2) is 9.19. The zero-order valence-electron chi connectivity index (χ0n) is 20.6. The van der Waals surface area contributed by atoms with Gasteiger partial charge in [-0.25, -0.2) is 23.1 Å². The average Bonchev–Trinajstić information content (AvgIpc) is 3.51. The molecule has 0 aliphatic heterocycles. The highest BCUT2D eigenvalue weighted by atomic mass is 32.2. The highest BCUT2D eigenvalue weighted by Gasteiger charge is 2.33. The van der Waals surface area contributed by atoms with Crippen LogP contribution < -0.4 is 4.72 Å². The van der Waals surface area contributed by atoms with Crippen LogP contribution in [0, 0.1) is 0 Å². The Kier molecular flexibility index (Phi) is 5.91. The molecule has 5 aromatic rings. The van der Waals surface area contributed by atoms with Crippen LogP contribution in [-0.4, -0.2) is 28.2 Å². The lowest BCUT2D eigenvalue weighted by Crippen LogP contribution is -2.15. The van der Waals surface area contributed by atoms with Gasteiger partial charge in [0.25, 0.3) is 10.0 Å². The quantitative estimate of drug-likeness (QED) is 0.294. The summed E-state index contributed by atoms with van der Waals surface area (Å²) < 4.78 is 71.1. The maximum Gasteiger partial charge on any atom is 0.416 e. The lowest BCUT2D eigenvalue weighted by molar-refractivity contribution is -0.137. The Labute approximate surface area is 222 Å². The molecule has 0 saturated carbocycles. The first-order valence-corrected chi connectivity index (χ1v) is 13.6. The van der Waals surface area contributed by atoms with E-state index in [1.165, 1.54) is 24.5 Å². The number of aromatic nitrogens is 4. The Morgan fingerprint density at radius 1 is 0.974 bits per heavy atom. The van der Waals surface area contributed by atoms with Crippen LogP contribution in [0.3, 0.4) is 0 Å². The normalized spacial score (nSPS) is 15.4. The van der Waals surface area contributed by atoms with Gasteiger partial charge >= 0.3 is 6.18 Å². The molecule has 198 valence electrons. The summed E-state index contributed by atoms with van der Waals surface area (Å²) in [7, 11) is -2.11. The van der Waals surface area contributed by atoms with Crippen molar-refractivity contribution in [3.8, 4) is 11.1 Å². The molecule has 1 aliphatic rings. The van der Waals surface area contributed by atoms with Gasteiger partial charge in [0.05, 0.1) is 22.2 Å². The number of sulfonamides is 1. The van der Waals surface area contributed by atoms with Crippen LogP contribution in [0.15, 0.2) is 84.1 Å². The van der Waals surface area contributed by atoms with E-state index in [-0.39, 0.29) is 16.8 Å². The molecular weight excluding hydrogens is 527 g/mol. The van der Waals surface area contributed by atoms with E-state index in [1.54, 1.807) is 35.1 Å². The van der Waals surface area contributed by atoms with E-state index in [4.69, 9.17) is 0 Å². The molecule has 1 unspecified atom stereocenters. The van der Waals surface area contributed by atoms with Crippen molar-refractivity contribution in [2.75, 3.05) is 4.72 Å². The molecule has 0 amide bonds. The summed E-state index contributed by atoms with van der Waals surface area (Å²) in [6.45, 7) is 0. The minimum atomic E-state index is -4.49. The highest BCUT2D eigenvalue weighted by molar-refractivity contribution is 7.92. The lowest BCUT2D eigenvalue weighted by atomic mass is 9.85. The summed E-state index contributed by atoms with van der Waals surface area (Å²) in [4.78, 5) is 7.89. The molecule has 2 heterocycles. The number of hydrogen-bond acceptors (Lipinski definition) is 5. The summed E-state index contributed by atoms with van der Waals surface area (Å²) in [6.07, 6.45) is 1.30. The summed E-state index contributed by atoms with van der Waals surface area (Å²) in [5, 5.41) is 5.07. The van der Waals surface area contributed by atoms with E-state index < -0.39 is 21.8 Å². The zero-order chi connectivity index (χ0) is 27.4. The van der Waals surface area contributed by atoms with E-state index in [9.17, 15) is 21.6 Å². The number of alkyl halides is 3. The number of benzene rings is 3. The highest BCUT2D eigenvalue weighted by Crippen LogP contribution is 2.44. The summed E-state index contributed by atoms with van der Waals surface area (Å²) in [5.41, 5.74) is 3.81. The van der Waals surface area contributed by atoms with Gasteiger partial charge in [-0.05, 0) is 83.1 Å². The van der Waals surface area contributed by atoms with E-state index in [2.05, 4.69) is 19.8 Å². The first-order chi connectivity index (χ1) is 18.6. The minimum absolute atomic E-state index is 0.0316. The van der Waals surface area contributed by atoms with Crippen LogP contribution in [0.1, 0.15) is 34.6 Å². The van der Waals surface area contributed by atoms with Crippen LogP contribution in [0.25, 0.3) is 22.0 Å². The second-order valence-corrected chi connectivity index (χ2v) is 11.2. The van der Waals surface area contributed by atoms with E-state index in [1.807, 2.05) is 25.2 Å². The molecule has 3 aromatic carbocycles. The van der Waals surface area contributed by atoms with Crippen molar-refractivity contribution in [3.63, 3.8) is 0 Å². The molecule has 1 aliphatic carbocycles. The van der Waals surface area contributed by atoms with Crippen LogP contribution in [0.2, 0.25) is 0 Å². The number of halogens is 3. The summed E-state index contributed by atoms with van der Waals surface area (Å²) >= 11 is 0. The van der Waals surface area contributed by atoms with Gasteiger partial charge in [-0.2, -0.15) is 18.3 Å². The van der Waals surface area contributed by atoms with Crippen molar-refractivity contribution in [3.05, 3.63) is 102 Å². The van der Waals surface area contributed by atoms with Crippen LogP contribution in [0.4, 0.5) is 19.1 Å². The third-order valence-corrected chi connectivity index (χ3v) is 8.43. The minimum Gasteiger partial charge on any atom is -0.268 e. The fraction of sp³-hybridized carbons (Fsp3) is 0.179. The van der Waals surface area contributed by atoms with Crippen molar-refractivity contribution in [1.29, 1.82) is 0 Å². The van der Waals surface area contributed by atoms with Crippen LogP contribution in [0.5, 0.6) is 0 Å². The molecular formula is C28H22F3N5O2S. The third-order valence-electron chi connectivity index (χ3n) is 7.11. The van der Waals surface area contributed by atoms with Crippen molar-refractivity contribution < 1.29 is 21.6 Å². The Morgan fingerprint density at radius 2 is 1.74 bits per heavy atom. The monoisotopic (exact) mass is 549 g/mol. The molecule has 0 spiro atoms. The predicted molar refractivity (Wildman–Crippen MR) is 141 cm³/mol. The molecule has 2 aromatic heterocycles. The SMILES string of the molecule is Cn1ncc2cc(-c3cc(C(F)(F)F)ccc3C3CCc4cc(S(=O)(=O)Nc5ncccn5)ccc43)ccc21. The van der Waals surface area contributed by atoms with Gasteiger partial charge in [-0.1, -0.05) is 18.2 Å². The van der Waals surface area contributed by atoms with Gasteiger partial charge in [-0.3, -0.25) is 4.68 Å². The van der Waals surface area contributed by atoms with Crippen molar-refractivity contribution in [2.24, 2.45) is 7.05 Å². The van der Waals surface area contributed by atoms with Gasteiger partial charge in [0.1, 0.15) is 0 Å². The van der Waals surface area contributed by atoms with Crippen molar-refractivity contribution in [2.45, 2.75) is 29.8 Å². The molecule has 0 bridgehead atoms. The molecule has 7 nitrogen and oxygen atoms in total. The maximum absolute atomic E-state index is 13.7. The molecule has 0 fully saturated rings. The molecule has 1 N–H and O–H groups in total. The molecule has 0 radical (unpaired) electrons. The Bertz CT molecular complexity index is 1820. The lowest BCUT2D eigenvalue weighted by Gasteiger charge is -2.20. The van der Waals surface area contributed by atoms with E-state index >= 15 is 0 Å². The number of rotatable bonds is 5. The fourth-order valence-electron chi connectivity index (χ4n) is 5.23. The summed E-state index contributed by atoms with van der Waals surface area (Å²) in [5.74, 6) is -0.222. The maximum atomic E-state index is 13.7. The number of hydrogen-bond donors (Lipinski definition) is 1. The third kappa shape index (κ3) is 4.63. The van der Waals surface area contributed by atoms with Gasteiger partial charge in [0.15, 0.2) is 0 Å². The van der Waals surface area contributed by atoms with Gasteiger partial charge in [0, 0.05) is 30.7 Å². The molecule has 1 atom stereocenters. The zero-order valence-corrected chi connectivity index (χ0v) is 21.5. The summed E-state index contributed by atoms with van der Waals surface area (Å²) in [6, 6.07) is 15.8. The largest absolute Gasteiger partial charge is 0.416 e. The molecule has 11 heteroatoms. The number of aryl methyl sites for hydroxylation is 2. The first-order valence-electron chi connectivity index (χ1n) is 12.2. The Balaban J connectivity index is 1.41. The van der Waals surface area contributed by atoms with Crippen molar-refractivity contribution >= 4 is 26.9 Å². The van der Waals surface area contributed by atoms with Crippen LogP contribution >= 0.6 is 0 Å². The molecule has 0 saturated heterocycles. The Hall–Kier alpha value is -4.25.